The SMILES string of the molecule is CC(C)(NC(=O)OCc1ccccc1)c1ccnc(Cl)c1. The number of amides is 1. The van der Waals surface area contributed by atoms with E-state index in [1.165, 1.54) is 0 Å². The third-order valence-corrected chi connectivity index (χ3v) is 3.28. The van der Waals surface area contributed by atoms with Gasteiger partial charge in [-0.15, -0.1) is 0 Å². The Kier molecular flexibility index (Phi) is 4.81. The lowest BCUT2D eigenvalue weighted by molar-refractivity contribution is 0.129. The largest absolute Gasteiger partial charge is 0.445 e. The molecule has 0 aliphatic heterocycles. The molecule has 0 saturated heterocycles. The second kappa shape index (κ2) is 6.59. The van der Waals surface area contributed by atoms with Crippen LogP contribution in [0.5, 0.6) is 0 Å². The normalized spacial score (nSPS) is 11.0. The minimum absolute atomic E-state index is 0.236. The molecule has 4 nitrogen and oxygen atoms in total. The predicted molar refractivity (Wildman–Crippen MR) is 82.0 cm³/mol. The Morgan fingerprint density at radius 2 is 2.00 bits per heavy atom. The maximum absolute atomic E-state index is 11.9. The molecule has 0 aliphatic rings. The van der Waals surface area contributed by atoms with Gasteiger partial charge in [-0.3, -0.25) is 0 Å². The van der Waals surface area contributed by atoms with Crippen molar-refractivity contribution < 1.29 is 9.53 Å². The third-order valence-electron chi connectivity index (χ3n) is 3.08. The van der Waals surface area contributed by atoms with E-state index in [1.54, 1.807) is 12.3 Å². The molecular weight excluding hydrogens is 288 g/mol. The fourth-order valence-corrected chi connectivity index (χ4v) is 2.05. The Labute approximate surface area is 129 Å². The van der Waals surface area contributed by atoms with Crippen molar-refractivity contribution in [3.05, 3.63) is 64.9 Å². The van der Waals surface area contributed by atoms with Crippen LogP contribution >= 0.6 is 11.6 Å². The number of alkyl carbamates (subject to hydrolysis) is 1. The fourth-order valence-electron chi connectivity index (χ4n) is 1.88. The van der Waals surface area contributed by atoms with E-state index < -0.39 is 11.6 Å². The van der Waals surface area contributed by atoms with Crippen molar-refractivity contribution in [2.45, 2.75) is 26.0 Å². The molecule has 0 radical (unpaired) electrons. The molecular formula is C16H17ClN2O2. The van der Waals surface area contributed by atoms with Gasteiger partial charge in [0.25, 0.3) is 0 Å². The van der Waals surface area contributed by atoms with Gasteiger partial charge in [-0.1, -0.05) is 41.9 Å². The van der Waals surface area contributed by atoms with Gasteiger partial charge in [0.15, 0.2) is 0 Å². The number of nitrogens with zero attached hydrogens (tertiary/aromatic N) is 1. The van der Waals surface area contributed by atoms with Crippen LogP contribution in [0.15, 0.2) is 48.7 Å². The highest BCUT2D eigenvalue weighted by atomic mass is 35.5. The molecule has 0 bridgehead atoms. The van der Waals surface area contributed by atoms with Gasteiger partial charge in [0.1, 0.15) is 11.8 Å². The average molecular weight is 305 g/mol. The summed E-state index contributed by atoms with van der Waals surface area (Å²) in [4.78, 5) is 15.8. The first-order valence-corrected chi connectivity index (χ1v) is 6.96. The number of benzene rings is 1. The summed E-state index contributed by atoms with van der Waals surface area (Å²) in [7, 11) is 0. The lowest BCUT2D eigenvalue weighted by atomic mass is 9.96. The minimum Gasteiger partial charge on any atom is -0.445 e. The molecule has 0 fully saturated rings. The quantitative estimate of drug-likeness (QED) is 0.872. The van der Waals surface area contributed by atoms with Crippen LogP contribution in [-0.4, -0.2) is 11.1 Å². The van der Waals surface area contributed by atoms with E-state index >= 15 is 0 Å². The maximum atomic E-state index is 11.9. The van der Waals surface area contributed by atoms with E-state index in [1.807, 2.05) is 50.2 Å². The van der Waals surface area contributed by atoms with Crippen molar-refractivity contribution in [1.29, 1.82) is 0 Å². The van der Waals surface area contributed by atoms with Gasteiger partial charge in [0.2, 0.25) is 0 Å². The molecule has 2 aromatic rings. The Morgan fingerprint density at radius 1 is 1.29 bits per heavy atom. The van der Waals surface area contributed by atoms with Crippen LogP contribution in [-0.2, 0) is 16.9 Å². The standard InChI is InChI=1S/C16H17ClN2O2/c1-16(2,13-8-9-18-14(17)10-13)19-15(20)21-11-12-6-4-3-5-7-12/h3-10H,11H2,1-2H3,(H,19,20). The first kappa shape index (κ1) is 15.3. The van der Waals surface area contributed by atoms with E-state index in [2.05, 4.69) is 10.3 Å². The zero-order chi connectivity index (χ0) is 15.3. The molecule has 0 aliphatic carbocycles. The molecule has 0 unspecified atom stereocenters. The summed E-state index contributed by atoms with van der Waals surface area (Å²) in [5.41, 5.74) is 1.21. The first-order chi connectivity index (χ1) is 9.97. The van der Waals surface area contributed by atoms with Gasteiger partial charge >= 0.3 is 6.09 Å². The third kappa shape index (κ3) is 4.46. The summed E-state index contributed by atoms with van der Waals surface area (Å²) in [6.07, 6.45) is 1.13. The Morgan fingerprint density at radius 3 is 2.67 bits per heavy atom. The Balaban J connectivity index is 1.95. The van der Waals surface area contributed by atoms with E-state index in [9.17, 15) is 4.79 Å². The summed E-state index contributed by atoms with van der Waals surface area (Å²) in [6.45, 7) is 3.99. The van der Waals surface area contributed by atoms with E-state index in [4.69, 9.17) is 16.3 Å². The van der Waals surface area contributed by atoms with Gasteiger partial charge in [-0.25, -0.2) is 9.78 Å². The molecule has 1 aromatic heterocycles. The van der Waals surface area contributed by atoms with Crippen LogP contribution in [0.2, 0.25) is 5.15 Å². The number of nitrogens with one attached hydrogen (secondary N) is 1. The van der Waals surface area contributed by atoms with Gasteiger partial charge in [-0.05, 0) is 37.1 Å². The molecule has 5 heteroatoms. The summed E-state index contributed by atoms with van der Waals surface area (Å²) in [6, 6.07) is 13.1. The fraction of sp³-hybridized carbons (Fsp3) is 0.250. The molecule has 110 valence electrons. The molecule has 1 amide bonds. The van der Waals surface area contributed by atoms with Crippen molar-refractivity contribution >= 4 is 17.7 Å². The molecule has 0 spiro atoms. The summed E-state index contributed by atoms with van der Waals surface area (Å²) in [5.74, 6) is 0. The van der Waals surface area contributed by atoms with E-state index in [0.29, 0.717) is 5.15 Å². The van der Waals surface area contributed by atoms with Crippen molar-refractivity contribution in [3.8, 4) is 0 Å². The van der Waals surface area contributed by atoms with Crippen molar-refractivity contribution in [3.63, 3.8) is 0 Å². The first-order valence-electron chi connectivity index (χ1n) is 6.58. The maximum Gasteiger partial charge on any atom is 0.408 e. The number of carbonyl (C=O) groups is 1. The lowest BCUT2D eigenvalue weighted by Gasteiger charge is -2.26. The molecule has 1 N–H and O–H groups in total. The monoisotopic (exact) mass is 304 g/mol. The van der Waals surface area contributed by atoms with Crippen LogP contribution < -0.4 is 5.32 Å². The average Bonchev–Trinajstić information content (AvgIpc) is 2.46. The molecule has 21 heavy (non-hydrogen) atoms. The van der Waals surface area contributed by atoms with Crippen molar-refractivity contribution in [1.82, 2.24) is 10.3 Å². The second-order valence-corrected chi connectivity index (χ2v) is 5.57. The highest BCUT2D eigenvalue weighted by Gasteiger charge is 2.24. The van der Waals surface area contributed by atoms with Gasteiger partial charge in [0.05, 0.1) is 5.54 Å². The predicted octanol–water partition coefficient (Wildman–Crippen LogP) is 3.90. The number of carbonyl (C=O) groups excluding carboxylic acids is 1. The molecule has 0 atom stereocenters. The van der Waals surface area contributed by atoms with Crippen molar-refractivity contribution in [2.24, 2.45) is 0 Å². The molecule has 1 heterocycles. The number of rotatable bonds is 4. The van der Waals surface area contributed by atoms with E-state index in [-0.39, 0.29) is 6.61 Å². The van der Waals surface area contributed by atoms with Gasteiger partial charge in [0, 0.05) is 6.20 Å². The number of hydrogen-bond acceptors (Lipinski definition) is 3. The number of hydrogen-bond donors (Lipinski definition) is 1. The Bertz CT molecular complexity index is 615. The van der Waals surface area contributed by atoms with Gasteiger partial charge in [-0.2, -0.15) is 0 Å². The second-order valence-electron chi connectivity index (χ2n) is 5.18. The molecule has 0 saturated carbocycles. The molecule has 2 rings (SSSR count). The zero-order valence-electron chi connectivity index (χ0n) is 12.0. The number of ether oxygens (including phenoxy) is 1. The van der Waals surface area contributed by atoms with Crippen LogP contribution in [0.1, 0.15) is 25.0 Å². The van der Waals surface area contributed by atoms with Crippen LogP contribution in [0, 0.1) is 0 Å². The molecule has 1 aromatic carbocycles. The Hall–Kier alpha value is -2.07. The summed E-state index contributed by atoms with van der Waals surface area (Å²) < 4.78 is 5.22. The van der Waals surface area contributed by atoms with Crippen molar-refractivity contribution in [2.75, 3.05) is 0 Å². The minimum atomic E-state index is -0.597. The summed E-state index contributed by atoms with van der Waals surface area (Å²) >= 11 is 5.87. The zero-order valence-corrected chi connectivity index (χ0v) is 12.7. The number of aromatic nitrogens is 1. The highest BCUT2D eigenvalue weighted by Crippen LogP contribution is 2.21. The topological polar surface area (TPSA) is 51.2 Å². The summed E-state index contributed by atoms with van der Waals surface area (Å²) in [5, 5.41) is 3.21. The number of pyridine rings is 1. The van der Waals surface area contributed by atoms with E-state index in [0.717, 1.165) is 11.1 Å². The van der Waals surface area contributed by atoms with Crippen LogP contribution in [0.25, 0.3) is 0 Å². The number of halogens is 1. The smallest absolute Gasteiger partial charge is 0.408 e. The highest BCUT2D eigenvalue weighted by molar-refractivity contribution is 6.29. The van der Waals surface area contributed by atoms with Gasteiger partial charge < -0.3 is 10.1 Å². The van der Waals surface area contributed by atoms with Crippen LogP contribution in [0.4, 0.5) is 4.79 Å². The lowest BCUT2D eigenvalue weighted by Crippen LogP contribution is -2.41. The van der Waals surface area contributed by atoms with Crippen LogP contribution in [0.3, 0.4) is 0 Å².